The van der Waals surface area contributed by atoms with Gasteiger partial charge < -0.3 is 14.6 Å². The number of fused-ring (bicyclic) bond motifs is 1. The van der Waals surface area contributed by atoms with Gasteiger partial charge in [-0.15, -0.1) is 0 Å². The molecule has 2 N–H and O–H groups in total. The molecule has 0 spiro atoms. The van der Waals surface area contributed by atoms with E-state index >= 15 is 0 Å². The number of aromatic amines is 1. The van der Waals surface area contributed by atoms with Crippen LogP contribution in [0.3, 0.4) is 0 Å². The van der Waals surface area contributed by atoms with E-state index in [1.54, 1.807) is 54.3 Å². The molecule has 1 amide bonds. The molecule has 8 heteroatoms. The monoisotopic (exact) mass is 497 g/mol. The van der Waals surface area contributed by atoms with Crippen molar-refractivity contribution in [3.8, 4) is 22.8 Å². The smallest absolute Gasteiger partial charge is 0.338 e. The van der Waals surface area contributed by atoms with E-state index in [1.807, 2.05) is 38.1 Å². The lowest BCUT2D eigenvalue weighted by molar-refractivity contribution is 0.0526. The van der Waals surface area contributed by atoms with Gasteiger partial charge in [0.1, 0.15) is 5.69 Å². The second-order valence-electron chi connectivity index (χ2n) is 8.73. The average molecular weight is 498 g/mol. The summed E-state index contributed by atoms with van der Waals surface area (Å²) in [6, 6.07) is 19.2. The van der Waals surface area contributed by atoms with E-state index in [0.29, 0.717) is 35.0 Å². The molecule has 1 aliphatic rings. The second-order valence-corrected chi connectivity index (χ2v) is 8.73. The predicted octanol–water partition coefficient (Wildman–Crippen LogP) is 5.42. The first-order chi connectivity index (χ1) is 17.9. The van der Waals surface area contributed by atoms with Crippen LogP contribution in [0, 0.1) is 6.92 Å². The summed E-state index contributed by atoms with van der Waals surface area (Å²) >= 11 is 0. The van der Waals surface area contributed by atoms with Crippen molar-refractivity contribution in [2.45, 2.75) is 26.8 Å². The summed E-state index contributed by atoms with van der Waals surface area (Å²) in [7, 11) is 0. The Labute approximate surface area is 214 Å². The lowest BCUT2D eigenvalue weighted by atomic mass is 9.95. The number of carbonyl (C=O) groups excluding carboxylic acids is 2. The third kappa shape index (κ3) is 4.31. The maximum Gasteiger partial charge on any atom is 0.338 e. The van der Waals surface area contributed by atoms with E-state index in [0.717, 1.165) is 22.3 Å². The van der Waals surface area contributed by atoms with Crippen LogP contribution >= 0.6 is 0 Å². The highest BCUT2D eigenvalue weighted by molar-refractivity contribution is 6.12. The van der Waals surface area contributed by atoms with E-state index in [-0.39, 0.29) is 18.3 Å². The Bertz CT molecular complexity index is 1460. The lowest BCUT2D eigenvalue weighted by Gasteiger charge is -2.27. The maximum absolute atomic E-state index is 13.8. The van der Waals surface area contributed by atoms with Gasteiger partial charge in [0.05, 0.1) is 30.5 Å². The zero-order valence-electron chi connectivity index (χ0n) is 20.8. The van der Waals surface area contributed by atoms with Crippen LogP contribution in [0.5, 0.6) is 11.5 Å². The molecule has 1 atom stereocenters. The minimum absolute atomic E-state index is 0.0199. The van der Waals surface area contributed by atoms with E-state index in [4.69, 9.17) is 9.47 Å². The molecular weight excluding hydrogens is 470 g/mol. The molecule has 0 aliphatic carbocycles. The largest absolute Gasteiger partial charge is 0.504 e. The van der Waals surface area contributed by atoms with Crippen molar-refractivity contribution in [2.75, 3.05) is 18.1 Å². The van der Waals surface area contributed by atoms with Crippen molar-refractivity contribution >= 4 is 17.6 Å². The van der Waals surface area contributed by atoms with Gasteiger partial charge in [-0.05, 0) is 62.7 Å². The number of nitrogens with zero attached hydrogens (tertiary/aromatic N) is 2. The molecule has 2 heterocycles. The molecule has 188 valence electrons. The molecule has 0 saturated carbocycles. The van der Waals surface area contributed by atoms with Gasteiger partial charge in [-0.3, -0.25) is 14.8 Å². The van der Waals surface area contributed by atoms with Crippen LogP contribution in [-0.4, -0.2) is 40.4 Å². The third-order valence-corrected chi connectivity index (χ3v) is 6.35. The summed E-state index contributed by atoms with van der Waals surface area (Å²) in [5, 5.41) is 17.8. The van der Waals surface area contributed by atoms with Gasteiger partial charge in [0.25, 0.3) is 5.91 Å². The number of rotatable bonds is 7. The fourth-order valence-corrected chi connectivity index (χ4v) is 4.60. The van der Waals surface area contributed by atoms with Crippen LogP contribution < -0.4 is 9.64 Å². The number of amides is 1. The molecule has 0 unspecified atom stereocenters. The van der Waals surface area contributed by atoms with E-state index in [1.165, 1.54) is 0 Å². The number of aryl methyl sites for hydroxylation is 1. The van der Waals surface area contributed by atoms with E-state index < -0.39 is 12.0 Å². The SMILES string of the molecule is CCOC(=O)c1ccc(N2C(=O)c3[nH]nc(-c4ccc(C)cc4)c3[C@@H]2c2ccc(O)c(OCC)c2)cc1. The van der Waals surface area contributed by atoms with Crippen LogP contribution in [0.25, 0.3) is 11.3 Å². The normalized spacial score (nSPS) is 14.5. The molecule has 4 aromatic rings. The zero-order valence-corrected chi connectivity index (χ0v) is 20.8. The molecule has 5 rings (SSSR count). The number of aromatic nitrogens is 2. The number of hydrogen-bond acceptors (Lipinski definition) is 6. The Morgan fingerprint density at radius 1 is 1.03 bits per heavy atom. The summed E-state index contributed by atoms with van der Waals surface area (Å²) < 4.78 is 10.7. The summed E-state index contributed by atoms with van der Waals surface area (Å²) in [4.78, 5) is 27.6. The Morgan fingerprint density at radius 2 is 1.76 bits per heavy atom. The first kappa shape index (κ1) is 24.1. The van der Waals surface area contributed by atoms with Crippen molar-refractivity contribution in [1.29, 1.82) is 0 Å². The minimum atomic E-state index is -0.550. The highest BCUT2D eigenvalue weighted by Crippen LogP contribution is 2.46. The zero-order chi connectivity index (χ0) is 26.1. The van der Waals surface area contributed by atoms with Gasteiger partial charge >= 0.3 is 5.97 Å². The highest BCUT2D eigenvalue weighted by Gasteiger charge is 2.43. The van der Waals surface area contributed by atoms with Crippen LogP contribution in [0.1, 0.15) is 57.4 Å². The van der Waals surface area contributed by atoms with Crippen molar-refractivity contribution in [1.82, 2.24) is 10.2 Å². The molecule has 0 bridgehead atoms. The quantitative estimate of drug-likeness (QED) is 0.331. The van der Waals surface area contributed by atoms with Crippen molar-refractivity contribution in [3.05, 3.63) is 94.7 Å². The fraction of sp³-hybridized carbons (Fsp3) is 0.207. The number of H-pyrrole nitrogens is 1. The Balaban J connectivity index is 1.65. The number of phenols is 1. The number of aromatic hydroxyl groups is 1. The molecule has 37 heavy (non-hydrogen) atoms. The summed E-state index contributed by atoms with van der Waals surface area (Å²) in [5.74, 6) is -0.319. The minimum Gasteiger partial charge on any atom is -0.504 e. The summed E-state index contributed by atoms with van der Waals surface area (Å²) in [5.41, 5.74) is 5.54. The van der Waals surface area contributed by atoms with E-state index in [2.05, 4.69) is 10.2 Å². The first-order valence-electron chi connectivity index (χ1n) is 12.1. The highest BCUT2D eigenvalue weighted by atomic mass is 16.5. The summed E-state index contributed by atoms with van der Waals surface area (Å²) in [6.07, 6.45) is 0. The number of esters is 1. The van der Waals surface area contributed by atoms with Crippen molar-refractivity contribution in [3.63, 3.8) is 0 Å². The Kier molecular flexibility index (Phi) is 6.40. The van der Waals surface area contributed by atoms with Gasteiger partial charge in [0.2, 0.25) is 0 Å². The molecule has 1 aliphatic heterocycles. The lowest BCUT2D eigenvalue weighted by Crippen LogP contribution is -2.29. The molecule has 0 radical (unpaired) electrons. The van der Waals surface area contributed by atoms with Crippen molar-refractivity contribution in [2.24, 2.45) is 0 Å². The molecule has 0 saturated heterocycles. The molecule has 3 aromatic carbocycles. The second kappa shape index (κ2) is 9.81. The number of ether oxygens (including phenoxy) is 2. The van der Waals surface area contributed by atoms with E-state index in [9.17, 15) is 14.7 Å². The number of hydrogen-bond donors (Lipinski definition) is 2. The Morgan fingerprint density at radius 3 is 2.43 bits per heavy atom. The van der Waals surface area contributed by atoms with Gasteiger partial charge in [-0.25, -0.2) is 4.79 Å². The number of benzene rings is 3. The number of carbonyl (C=O) groups is 2. The third-order valence-electron chi connectivity index (χ3n) is 6.35. The van der Waals surface area contributed by atoms with Crippen LogP contribution in [0.4, 0.5) is 5.69 Å². The maximum atomic E-state index is 13.8. The van der Waals surface area contributed by atoms with Crippen molar-refractivity contribution < 1.29 is 24.2 Å². The number of anilines is 1. The fourth-order valence-electron chi connectivity index (χ4n) is 4.60. The standard InChI is InChI=1S/C29H27N3O5/c1-4-36-23-16-20(12-15-22(23)33)27-24-25(18-8-6-17(3)7-9-18)30-31-26(24)28(34)32(27)21-13-10-19(11-14-21)29(35)37-5-2/h6-16,27,33H,4-5H2,1-3H3,(H,30,31)/t27-/m0/s1. The average Bonchev–Trinajstić information content (AvgIpc) is 3.45. The van der Waals surface area contributed by atoms with Gasteiger partial charge in [0.15, 0.2) is 11.5 Å². The molecular formula is C29H27N3O5. The topological polar surface area (TPSA) is 105 Å². The van der Waals surface area contributed by atoms with Crippen LogP contribution in [-0.2, 0) is 4.74 Å². The van der Waals surface area contributed by atoms with Crippen LogP contribution in [0.2, 0.25) is 0 Å². The molecule has 0 fully saturated rings. The molecule has 1 aromatic heterocycles. The summed E-state index contributed by atoms with van der Waals surface area (Å²) in [6.45, 7) is 6.26. The van der Waals surface area contributed by atoms with Crippen LogP contribution in [0.15, 0.2) is 66.7 Å². The number of nitrogens with one attached hydrogen (secondary N) is 1. The predicted molar refractivity (Wildman–Crippen MR) is 139 cm³/mol. The Hall–Kier alpha value is -4.59. The first-order valence-corrected chi connectivity index (χ1v) is 12.1. The van der Waals surface area contributed by atoms with Gasteiger partial charge in [-0.1, -0.05) is 35.9 Å². The molecule has 8 nitrogen and oxygen atoms in total. The van der Waals surface area contributed by atoms with Gasteiger partial charge in [0, 0.05) is 16.8 Å². The van der Waals surface area contributed by atoms with Gasteiger partial charge in [-0.2, -0.15) is 5.10 Å². The number of phenolic OH excluding ortho intramolecular Hbond substituents is 1.